The Balaban J connectivity index is 2.46. The van der Waals surface area contributed by atoms with E-state index in [-0.39, 0.29) is 36.5 Å². The summed E-state index contributed by atoms with van der Waals surface area (Å²) in [7, 11) is 0. The Morgan fingerprint density at radius 3 is 1.47 bits per heavy atom. The lowest BCUT2D eigenvalue weighted by Gasteiger charge is -2.19. The summed E-state index contributed by atoms with van der Waals surface area (Å²) < 4.78 is 10.7. The number of halogens is 2. The van der Waals surface area contributed by atoms with Crippen LogP contribution in [0.5, 0.6) is 0 Å². The average Bonchev–Trinajstić information content (AvgIpc) is 2.75. The number of ether oxygens (including phenoxy) is 2. The second-order valence-corrected chi connectivity index (χ2v) is 6.80. The van der Waals surface area contributed by atoms with Crippen molar-refractivity contribution in [1.82, 2.24) is 10.6 Å². The lowest BCUT2D eigenvalue weighted by molar-refractivity contribution is -0.120. The molecular weight excluding hydrogens is 435 g/mol. The van der Waals surface area contributed by atoms with Crippen LogP contribution in [0.4, 0.5) is 0 Å². The fraction of sp³-hybridized carbons (Fsp3) is 0.400. The smallest absolute Gasteiger partial charge is 0.244 e. The van der Waals surface area contributed by atoms with E-state index in [9.17, 15) is 19.2 Å². The van der Waals surface area contributed by atoms with Gasteiger partial charge in [0.25, 0.3) is 0 Å². The summed E-state index contributed by atoms with van der Waals surface area (Å²) in [5, 5.41) is 4.43. The minimum absolute atomic E-state index is 0.116. The van der Waals surface area contributed by atoms with E-state index in [1.165, 1.54) is 12.2 Å². The number of Topliss-reactive ketones (excluding diaryl/α,β-unsaturated/α-hetero) is 2. The van der Waals surface area contributed by atoms with Gasteiger partial charge >= 0.3 is 0 Å². The van der Waals surface area contributed by atoms with Crippen LogP contribution < -0.4 is 10.6 Å². The molecular formula is C20H24Cl2N2O6. The maximum Gasteiger partial charge on any atom is 0.244 e. The average molecular weight is 459 g/mol. The summed E-state index contributed by atoms with van der Waals surface area (Å²) in [5.41, 5.74) is 0. The highest BCUT2D eigenvalue weighted by Gasteiger charge is 2.36. The monoisotopic (exact) mass is 458 g/mol. The minimum Gasteiger partial charge on any atom is -0.488 e. The van der Waals surface area contributed by atoms with E-state index in [1.807, 2.05) is 0 Å². The molecule has 1 aliphatic carbocycles. The molecule has 2 N–H and O–H groups in total. The number of carbonyl (C=O) groups is 4. The van der Waals surface area contributed by atoms with E-state index < -0.39 is 21.6 Å². The second kappa shape index (κ2) is 13.6. The second-order valence-electron chi connectivity index (χ2n) is 6.05. The predicted octanol–water partition coefficient (Wildman–Crippen LogP) is 2.24. The van der Waals surface area contributed by atoms with Crippen molar-refractivity contribution in [3.8, 4) is 0 Å². The summed E-state index contributed by atoms with van der Waals surface area (Å²) >= 11 is 12.0. The Hall–Kier alpha value is -2.58. The fourth-order valence-electron chi connectivity index (χ4n) is 2.23. The molecule has 0 spiro atoms. The highest BCUT2D eigenvalue weighted by molar-refractivity contribution is 6.55. The largest absolute Gasteiger partial charge is 0.488 e. The van der Waals surface area contributed by atoms with Gasteiger partial charge in [0.15, 0.2) is 11.5 Å². The minimum atomic E-state index is -0.727. The van der Waals surface area contributed by atoms with Gasteiger partial charge in [0.2, 0.25) is 23.4 Å². The Labute approximate surface area is 184 Å². The molecule has 10 heteroatoms. The highest BCUT2D eigenvalue weighted by atomic mass is 35.5. The van der Waals surface area contributed by atoms with E-state index >= 15 is 0 Å². The lowest BCUT2D eigenvalue weighted by Crippen LogP contribution is -2.24. The zero-order valence-corrected chi connectivity index (χ0v) is 17.9. The van der Waals surface area contributed by atoms with Crippen molar-refractivity contribution in [3.63, 3.8) is 0 Å². The van der Waals surface area contributed by atoms with Crippen molar-refractivity contribution in [2.24, 2.45) is 0 Å². The fourth-order valence-corrected chi connectivity index (χ4v) is 2.69. The number of carbonyl (C=O) groups excluding carboxylic acids is 4. The summed E-state index contributed by atoms with van der Waals surface area (Å²) in [4.78, 5) is 46.8. The van der Waals surface area contributed by atoms with E-state index in [4.69, 9.17) is 32.7 Å². The van der Waals surface area contributed by atoms with Gasteiger partial charge < -0.3 is 20.1 Å². The molecule has 0 aromatic heterocycles. The molecule has 0 unspecified atom stereocenters. The van der Waals surface area contributed by atoms with E-state index in [0.29, 0.717) is 38.8 Å². The molecule has 0 aromatic rings. The van der Waals surface area contributed by atoms with Gasteiger partial charge in [0.05, 0.1) is 13.2 Å². The number of allylic oxidation sites excluding steroid dienone is 2. The molecule has 0 radical (unpaired) electrons. The van der Waals surface area contributed by atoms with Crippen LogP contribution in [0.15, 0.2) is 46.9 Å². The normalized spacial score (nSPS) is 13.8. The van der Waals surface area contributed by atoms with Gasteiger partial charge in [-0.15, -0.1) is 0 Å². The molecule has 0 aromatic carbocycles. The van der Waals surface area contributed by atoms with Crippen LogP contribution in [0.3, 0.4) is 0 Å². The van der Waals surface area contributed by atoms with Gasteiger partial charge in [-0.3, -0.25) is 19.2 Å². The van der Waals surface area contributed by atoms with Gasteiger partial charge in [-0.05, 0) is 37.8 Å². The maximum atomic E-state index is 12.4. The standard InChI is InChI=1S/C20H24Cl2N2O6/c1-3-13(25)23-9-5-7-11-29-19-15(21)18(28)20(16(22)17(19)27)30-12-8-6-10-24-14(26)4-2/h3-4H,1-2,5-12H2,(H,23,25)(H,24,26). The lowest BCUT2D eigenvalue weighted by atomic mass is 10.1. The Morgan fingerprint density at radius 2 is 1.13 bits per heavy atom. The first-order valence-electron chi connectivity index (χ1n) is 9.28. The van der Waals surface area contributed by atoms with Crippen LogP contribution in [-0.4, -0.2) is 49.7 Å². The van der Waals surface area contributed by atoms with Gasteiger partial charge in [0.1, 0.15) is 10.1 Å². The summed E-state index contributed by atoms with van der Waals surface area (Å²) in [6.07, 6.45) is 4.55. The molecule has 30 heavy (non-hydrogen) atoms. The molecule has 8 nitrogen and oxygen atoms in total. The summed E-state index contributed by atoms with van der Waals surface area (Å²) in [6.45, 7) is 7.76. The molecule has 0 aliphatic heterocycles. The number of nitrogens with one attached hydrogen (secondary N) is 2. The zero-order chi connectivity index (χ0) is 22.5. The molecule has 2 amide bonds. The van der Waals surface area contributed by atoms with Crippen molar-refractivity contribution in [1.29, 1.82) is 0 Å². The van der Waals surface area contributed by atoms with Crippen LogP contribution in [0.1, 0.15) is 25.7 Å². The Morgan fingerprint density at radius 1 is 0.767 bits per heavy atom. The first kappa shape index (κ1) is 25.5. The van der Waals surface area contributed by atoms with Gasteiger partial charge in [-0.2, -0.15) is 0 Å². The first-order chi connectivity index (χ1) is 14.3. The molecule has 1 rings (SSSR count). The van der Waals surface area contributed by atoms with E-state index in [2.05, 4.69) is 23.8 Å². The van der Waals surface area contributed by atoms with Crippen LogP contribution in [0, 0.1) is 0 Å². The molecule has 1 aliphatic rings. The molecule has 0 atom stereocenters. The summed E-state index contributed by atoms with van der Waals surface area (Å²) in [5.74, 6) is -2.65. The number of rotatable bonds is 14. The Bertz CT molecular complexity index is 709. The van der Waals surface area contributed by atoms with Crippen molar-refractivity contribution in [2.45, 2.75) is 25.7 Å². The van der Waals surface area contributed by atoms with Crippen molar-refractivity contribution in [3.05, 3.63) is 46.9 Å². The number of hydrogen-bond donors (Lipinski definition) is 2. The maximum absolute atomic E-state index is 12.4. The van der Waals surface area contributed by atoms with Crippen LogP contribution in [0.25, 0.3) is 0 Å². The van der Waals surface area contributed by atoms with Crippen LogP contribution in [0.2, 0.25) is 0 Å². The number of unbranched alkanes of at least 4 members (excludes halogenated alkanes) is 2. The molecule has 0 saturated carbocycles. The highest BCUT2D eigenvalue weighted by Crippen LogP contribution is 2.30. The van der Waals surface area contributed by atoms with Crippen molar-refractivity contribution in [2.75, 3.05) is 26.3 Å². The number of hydrogen-bond acceptors (Lipinski definition) is 6. The van der Waals surface area contributed by atoms with Crippen LogP contribution in [-0.2, 0) is 28.7 Å². The van der Waals surface area contributed by atoms with Gasteiger partial charge in [-0.1, -0.05) is 36.4 Å². The van der Waals surface area contributed by atoms with Gasteiger partial charge in [0, 0.05) is 13.1 Å². The third-order valence-corrected chi connectivity index (χ3v) is 4.50. The van der Waals surface area contributed by atoms with E-state index in [0.717, 1.165) is 0 Å². The molecule has 0 heterocycles. The third kappa shape index (κ3) is 8.04. The number of ketones is 2. The van der Waals surface area contributed by atoms with Gasteiger partial charge in [-0.25, -0.2) is 0 Å². The molecule has 164 valence electrons. The quantitative estimate of drug-likeness (QED) is 0.234. The SMILES string of the molecule is C=CC(=O)NCCCCOC1=C(Cl)C(=O)C(OCCCCNC(=O)C=C)=C(Cl)C1=O. The topological polar surface area (TPSA) is 111 Å². The number of amides is 2. The molecule has 0 saturated heterocycles. The van der Waals surface area contributed by atoms with Crippen LogP contribution >= 0.6 is 23.2 Å². The zero-order valence-electron chi connectivity index (χ0n) is 16.4. The summed E-state index contributed by atoms with van der Waals surface area (Å²) in [6, 6.07) is 0. The first-order valence-corrected chi connectivity index (χ1v) is 10.0. The molecule has 0 bridgehead atoms. The van der Waals surface area contributed by atoms with Crippen molar-refractivity contribution >= 4 is 46.6 Å². The Kier molecular flexibility index (Phi) is 11.5. The van der Waals surface area contributed by atoms with E-state index in [1.54, 1.807) is 0 Å². The predicted molar refractivity (Wildman–Crippen MR) is 113 cm³/mol. The van der Waals surface area contributed by atoms with Crippen molar-refractivity contribution < 1.29 is 28.7 Å². The third-order valence-electron chi connectivity index (χ3n) is 3.81. The molecule has 0 fully saturated rings.